The number of sulfonamides is 1. The SMILES string of the molecule is CN/N=C\C(=N)S(=O)(=O)N1CCN(C[C@H]2C[C@@H](O)C2)[C@@H](C2=CC3C=NN(c4ccc(F)cc4)C3C=C2C)C1. The van der Waals surface area contributed by atoms with Gasteiger partial charge in [-0.15, -0.1) is 0 Å². The summed E-state index contributed by atoms with van der Waals surface area (Å²) in [5, 5.41) is 27.5. The number of hydrogen-bond acceptors (Lipinski definition) is 9. The van der Waals surface area contributed by atoms with Crippen LogP contribution in [0.15, 0.2) is 57.8 Å². The number of nitrogens with zero attached hydrogens (tertiary/aromatic N) is 5. The third-order valence-corrected chi connectivity index (χ3v) is 9.50. The summed E-state index contributed by atoms with van der Waals surface area (Å²) in [6, 6.07) is 6.02. The third kappa shape index (κ3) is 5.18. The van der Waals surface area contributed by atoms with Crippen molar-refractivity contribution in [3.63, 3.8) is 0 Å². The number of piperazine rings is 1. The van der Waals surface area contributed by atoms with Crippen molar-refractivity contribution < 1.29 is 17.9 Å². The first-order chi connectivity index (χ1) is 18.2. The third-order valence-electron chi connectivity index (χ3n) is 7.82. The number of fused-ring (bicyclic) bond motifs is 1. The van der Waals surface area contributed by atoms with Crippen LogP contribution in [-0.4, -0.2) is 91.6 Å². The first-order valence-corrected chi connectivity index (χ1v) is 14.3. The van der Waals surface area contributed by atoms with Crippen LogP contribution in [0.2, 0.25) is 0 Å². The summed E-state index contributed by atoms with van der Waals surface area (Å²) in [6.45, 7) is 3.85. The Morgan fingerprint density at radius 3 is 2.68 bits per heavy atom. The van der Waals surface area contributed by atoms with Gasteiger partial charge in [-0.1, -0.05) is 12.2 Å². The number of rotatable bonds is 7. The van der Waals surface area contributed by atoms with Crippen molar-refractivity contribution in [3.05, 3.63) is 53.4 Å². The number of hydrogen-bond donors (Lipinski definition) is 3. The van der Waals surface area contributed by atoms with E-state index in [0.717, 1.165) is 42.4 Å². The van der Waals surface area contributed by atoms with Gasteiger partial charge in [-0.3, -0.25) is 15.3 Å². The first kappa shape index (κ1) is 26.7. The summed E-state index contributed by atoms with van der Waals surface area (Å²) in [4.78, 5) is 2.32. The van der Waals surface area contributed by atoms with E-state index >= 15 is 0 Å². The maximum atomic E-state index is 13.5. The van der Waals surface area contributed by atoms with Gasteiger partial charge >= 0.3 is 0 Å². The van der Waals surface area contributed by atoms with Gasteiger partial charge in [0, 0.05) is 51.4 Å². The highest BCUT2D eigenvalue weighted by molar-refractivity contribution is 8.06. The molecule has 1 aromatic rings. The monoisotopic (exact) mass is 543 g/mol. The summed E-state index contributed by atoms with van der Waals surface area (Å²) >= 11 is 0. The summed E-state index contributed by atoms with van der Waals surface area (Å²) in [5.41, 5.74) is 5.38. The molecule has 3 N–H and O–H groups in total. The fourth-order valence-corrected chi connectivity index (χ4v) is 6.86. The predicted molar refractivity (Wildman–Crippen MR) is 146 cm³/mol. The van der Waals surface area contributed by atoms with E-state index in [-0.39, 0.29) is 43.0 Å². The zero-order valence-electron chi connectivity index (χ0n) is 21.5. The van der Waals surface area contributed by atoms with Crippen LogP contribution in [-0.2, 0) is 10.0 Å². The Labute approximate surface area is 222 Å². The van der Waals surface area contributed by atoms with Crippen molar-refractivity contribution in [2.45, 2.75) is 38.0 Å². The largest absolute Gasteiger partial charge is 0.393 e. The highest BCUT2D eigenvalue weighted by Crippen LogP contribution is 2.37. The highest BCUT2D eigenvalue weighted by atomic mass is 32.2. The maximum Gasteiger partial charge on any atom is 0.261 e. The van der Waals surface area contributed by atoms with Crippen molar-refractivity contribution in [3.8, 4) is 0 Å². The molecule has 0 amide bonds. The molecule has 0 radical (unpaired) electrons. The first-order valence-electron chi connectivity index (χ1n) is 12.9. The second-order valence-corrected chi connectivity index (χ2v) is 12.2. The van der Waals surface area contributed by atoms with Gasteiger partial charge in [-0.25, -0.2) is 12.8 Å². The number of benzene rings is 1. The lowest BCUT2D eigenvalue weighted by Gasteiger charge is -2.46. The Kier molecular flexibility index (Phi) is 7.49. The average Bonchev–Trinajstić information content (AvgIpc) is 3.29. The molecule has 2 unspecified atom stereocenters. The topological polar surface area (TPSA) is 125 Å². The van der Waals surface area contributed by atoms with Crippen LogP contribution in [0.1, 0.15) is 19.8 Å². The Hall–Kier alpha value is -2.93. The van der Waals surface area contributed by atoms with Crippen molar-refractivity contribution in [2.24, 2.45) is 22.0 Å². The molecule has 0 aromatic heterocycles. The zero-order chi connectivity index (χ0) is 27.0. The standard InChI is InChI=1S/C26H34FN7O3S/c1-17-9-24-19(13-31-34(24)21-5-3-20(27)4-6-21)12-23(17)25-16-33(38(36,37)26(28)14-30-29-2)8-7-32(25)15-18-10-22(35)11-18/h3-6,9,12-14,18-19,22,24-25,28-29,35H,7-8,10-11,15-16H2,1-2H3/b28-26?,30-14-/t18-,19?,22+,24?,25-/m1/s1. The molecule has 4 aliphatic rings. The van der Waals surface area contributed by atoms with Gasteiger partial charge in [-0.2, -0.15) is 14.5 Å². The van der Waals surface area contributed by atoms with E-state index in [4.69, 9.17) is 5.41 Å². The molecule has 2 heterocycles. The normalized spacial score (nSPS) is 30.1. The van der Waals surface area contributed by atoms with Crippen LogP contribution in [0.4, 0.5) is 10.1 Å². The molecule has 10 nitrogen and oxygen atoms in total. The Balaban J connectivity index is 1.40. The van der Waals surface area contributed by atoms with Crippen molar-refractivity contribution in [1.82, 2.24) is 14.6 Å². The molecular weight excluding hydrogens is 509 g/mol. The van der Waals surface area contributed by atoms with E-state index in [1.54, 1.807) is 19.2 Å². The van der Waals surface area contributed by atoms with E-state index in [2.05, 4.69) is 32.7 Å². The minimum atomic E-state index is -3.99. The molecule has 2 fully saturated rings. The molecule has 0 bridgehead atoms. The van der Waals surface area contributed by atoms with E-state index in [9.17, 15) is 17.9 Å². The fraction of sp³-hybridized carbons (Fsp3) is 0.500. The van der Waals surface area contributed by atoms with Gasteiger partial charge in [0.15, 0.2) is 5.04 Å². The molecule has 1 saturated carbocycles. The van der Waals surface area contributed by atoms with Gasteiger partial charge in [0.1, 0.15) is 5.82 Å². The Bertz CT molecular complexity index is 1290. The lowest BCUT2D eigenvalue weighted by atomic mass is 9.80. The number of hydrazone groups is 2. The quantitative estimate of drug-likeness (QED) is 0.274. The molecule has 2 aliphatic heterocycles. The van der Waals surface area contributed by atoms with Gasteiger partial charge in [0.05, 0.1) is 24.0 Å². The molecule has 3 atom stereocenters. The molecule has 0 spiro atoms. The van der Waals surface area contributed by atoms with Crippen LogP contribution < -0.4 is 10.4 Å². The van der Waals surface area contributed by atoms with E-state index in [0.29, 0.717) is 12.5 Å². The smallest absolute Gasteiger partial charge is 0.261 e. The summed E-state index contributed by atoms with van der Waals surface area (Å²) in [7, 11) is -2.45. The lowest BCUT2D eigenvalue weighted by molar-refractivity contribution is 0.0113. The second kappa shape index (κ2) is 10.7. The maximum absolute atomic E-state index is 13.5. The zero-order valence-corrected chi connectivity index (χ0v) is 22.4. The lowest BCUT2D eigenvalue weighted by Crippen LogP contribution is -2.58. The van der Waals surface area contributed by atoms with Crippen molar-refractivity contribution in [2.75, 3.05) is 38.2 Å². The van der Waals surface area contributed by atoms with Gasteiger partial charge in [-0.05, 0) is 61.1 Å². The van der Waals surface area contributed by atoms with Crippen molar-refractivity contribution >= 4 is 33.2 Å². The Morgan fingerprint density at radius 2 is 2.00 bits per heavy atom. The van der Waals surface area contributed by atoms with Gasteiger partial charge < -0.3 is 10.5 Å². The van der Waals surface area contributed by atoms with Crippen LogP contribution in [0.25, 0.3) is 0 Å². The predicted octanol–water partition coefficient (Wildman–Crippen LogP) is 1.77. The van der Waals surface area contributed by atoms with Gasteiger partial charge in [0.25, 0.3) is 10.0 Å². The van der Waals surface area contributed by atoms with E-state index in [1.165, 1.54) is 16.4 Å². The number of aliphatic hydroxyl groups is 1. The molecule has 5 rings (SSSR count). The molecule has 1 saturated heterocycles. The van der Waals surface area contributed by atoms with Crippen LogP contribution >= 0.6 is 0 Å². The Morgan fingerprint density at radius 1 is 1.26 bits per heavy atom. The average molecular weight is 544 g/mol. The minimum Gasteiger partial charge on any atom is -0.393 e. The molecule has 1 aromatic carbocycles. The summed E-state index contributed by atoms with van der Waals surface area (Å²) in [6.07, 6.45) is 8.48. The number of anilines is 1. The molecule has 2 aliphatic carbocycles. The summed E-state index contributed by atoms with van der Waals surface area (Å²) in [5.74, 6) is 0.0614. The van der Waals surface area contributed by atoms with Crippen LogP contribution in [0, 0.1) is 23.1 Å². The molecular formula is C26H34FN7O3S. The fourth-order valence-electron chi connectivity index (χ4n) is 5.74. The molecule has 12 heteroatoms. The van der Waals surface area contributed by atoms with Crippen LogP contribution in [0.5, 0.6) is 0 Å². The van der Waals surface area contributed by atoms with Crippen molar-refractivity contribution in [1.29, 1.82) is 5.41 Å². The molecule has 38 heavy (non-hydrogen) atoms. The number of nitrogens with one attached hydrogen (secondary N) is 2. The van der Waals surface area contributed by atoms with Crippen LogP contribution in [0.3, 0.4) is 0 Å². The molecule has 204 valence electrons. The highest BCUT2D eigenvalue weighted by Gasteiger charge is 2.41. The van der Waals surface area contributed by atoms with Gasteiger partial charge in [0.2, 0.25) is 0 Å². The summed E-state index contributed by atoms with van der Waals surface area (Å²) < 4.78 is 41.2. The number of halogens is 1. The second-order valence-electron chi connectivity index (χ2n) is 10.3. The van der Waals surface area contributed by atoms with E-state index < -0.39 is 15.1 Å². The number of aliphatic hydroxyl groups excluding tert-OH is 1. The van der Waals surface area contributed by atoms with E-state index in [1.807, 2.05) is 18.1 Å². The minimum absolute atomic E-state index is 0.0147.